The van der Waals surface area contributed by atoms with E-state index in [4.69, 9.17) is 11.6 Å². The van der Waals surface area contributed by atoms with Crippen LogP contribution in [0.15, 0.2) is 18.2 Å². The van der Waals surface area contributed by atoms with E-state index in [0.29, 0.717) is 11.8 Å². The molecule has 0 radical (unpaired) electrons. The van der Waals surface area contributed by atoms with Gasteiger partial charge in [-0.1, -0.05) is 19.8 Å². The number of carbonyl (C=O) groups is 1. The number of carbonyl (C=O) groups excluding carboxylic acids is 1. The fraction of sp³-hybridized carbons (Fsp3) is 0.533. The van der Waals surface area contributed by atoms with Gasteiger partial charge in [-0.2, -0.15) is 0 Å². The summed E-state index contributed by atoms with van der Waals surface area (Å²) in [5, 5.41) is 22.0. The van der Waals surface area contributed by atoms with Crippen molar-refractivity contribution in [1.29, 1.82) is 0 Å². The Bertz CT molecular complexity index is 506. The van der Waals surface area contributed by atoms with Crippen LogP contribution < -0.4 is 5.32 Å². The standard InChI is InChI=1S/C15H20ClNO3/c1-10-3-2-6-15(8-10,9-16)17-14(20)12-5-4-11(18)7-13(12)19/h4-5,7,10,18-19H,2-3,6,8-9H2,1H3,(H,17,20). The van der Waals surface area contributed by atoms with Gasteiger partial charge in [0.15, 0.2) is 0 Å². The lowest BCUT2D eigenvalue weighted by molar-refractivity contribution is 0.0864. The van der Waals surface area contributed by atoms with Crippen molar-refractivity contribution >= 4 is 17.5 Å². The predicted molar refractivity (Wildman–Crippen MR) is 78.3 cm³/mol. The summed E-state index contributed by atoms with van der Waals surface area (Å²) in [5.41, 5.74) is -0.244. The van der Waals surface area contributed by atoms with Crippen molar-refractivity contribution in [2.24, 2.45) is 5.92 Å². The van der Waals surface area contributed by atoms with E-state index in [1.54, 1.807) is 0 Å². The van der Waals surface area contributed by atoms with E-state index in [2.05, 4.69) is 12.2 Å². The summed E-state index contributed by atoms with van der Waals surface area (Å²) in [4.78, 5) is 12.3. The van der Waals surface area contributed by atoms with Gasteiger partial charge in [0.1, 0.15) is 11.5 Å². The molecule has 2 unspecified atom stereocenters. The summed E-state index contributed by atoms with van der Waals surface area (Å²) in [5.74, 6) is 0.240. The highest BCUT2D eigenvalue weighted by Crippen LogP contribution is 2.34. The smallest absolute Gasteiger partial charge is 0.255 e. The normalized spacial score (nSPS) is 26.2. The average Bonchev–Trinajstić information content (AvgIpc) is 2.38. The molecule has 20 heavy (non-hydrogen) atoms. The second-order valence-electron chi connectivity index (χ2n) is 5.77. The lowest BCUT2D eigenvalue weighted by Gasteiger charge is -2.39. The number of aromatic hydroxyl groups is 2. The molecular weight excluding hydrogens is 278 g/mol. The summed E-state index contributed by atoms with van der Waals surface area (Å²) in [7, 11) is 0. The number of halogens is 1. The zero-order valence-corrected chi connectivity index (χ0v) is 12.3. The van der Waals surface area contributed by atoms with Crippen LogP contribution in [-0.4, -0.2) is 27.5 Å². The Labute approximate surface area is 123 Å². The van der Waals surface area contributed by atoms with Crippen LogP contribution in [0, 0.1) is 5.92 Å². The number of benzene rings is 1. The number of rotatable bonds is 3. The molecule has 110 valence electrons. The van der Waals surface area contributed by atoms with E-state index in [-0.39, 0.29) is 23.0 Å². The molecule has 1 amide bonds. The third kappa shape index (κ3) is 3.18. The van der Waals surface area contributed by atoms with E-state index in [0.717, 1.165) is 31.7 Å². The average molecular weight is 298 g/mol. The Morgan fingerprint density at radius 1 is 1.50 bits per heavy atom. The molecule has 1 aromatic carbocycles. The van der Waals surface area contributed by atoms with Crippen LogP contribution in [0.3, 0.4) is 0 Å². The highest BCUT2D eigenvalue weighted by atomic mass is 35.5. The first-order valence-electron chi connectivity index (χ1n) is 6.86. The van der Waals surface area contributed by atoms with Gasteiger partial charge in [0.2, 0.25) is 0 Å². The summed E-state index contributed by atoms with van der Waals surface area (Å²) in [6, 6.07) is 3.95. The predicted octanol–water partition coefficient (Wildman–Crippen LogP) is 3.02. The zero-order valence-electron chi connectivity index (χ0n) is 11.5. The van der Waals surface area contributed by atoms with Gasteiger partial charge in [-0.15, -0.1) is 11.6 Å². The molecule has 0 spiro atoms. The lowest BCUT2D eigenvalue weighted by Crippen LogP contribution is -2.52. The van der Waals surface area contributed by atoms with Gasteiger partial charge in [0, 0.05) is 11.9 Å². The van der Waals surface area contributed by atoms with Gasteiger partial charge in [0.05, 0.1) is 11.1 Å². The molecule has 4 nitrogen and oxygen atoms in total. The Kier molecular flexibility index (Phi) is 4.43. The van der Waals surface area contributed by atoms with Gasteiger partial charge in [-0.3, -0.25) is 4.79 Å². The Morgan fingerprint density at radius 2 is 2.25 bits per heavy atom. The highest BCUT2D eigenvalue weighted by Gasteiger charge is 2.36. The summed E-state index contributed by atoms with van der Waals surface area (Å²) in [6.07, 6.45) is 3.89. The Balaban J connectivity index is 2.16. The van der Waals surface area contributed by atoms with E-state index in [1.165, 1.54) is 12.1 Å². The number of phenolic OH excluding ortho intramolecular Hbond substituents is 2. The van der Waals surface area contributed by atoms with Crippen LogP contribution in [0.25, 0.3) is 0 Å². The number of nitrogens with one attached hydrogen (secondary N) is 1. The molecule has 1 aliphatic rings. The molecule has 1 aliphatic carbocycles. The molecule has 2 atom stereocenters. The van der Waals surface area contributed by atoms with E-state index in [1.807, 2.05) is 0 Å². The van der Waals surface area contributed by atoms with Crippen LogP contribution in [-0.2, 0) is 0 Å². The van der Waals surface area contributed by atoms with Gasteiger partial charge in [0.25, 0.3) is 5.91 Å². The highest BCUT2D eigenvalue weighted by molar-refractivity contribution is 6.19. The topological polar surface area (TPSA) is 69.6 Å². The van der Waals surface area contributed by atoms with Crippen molar-refractivity contribution in [3.05, 3.63) is 23.8 Å². The first kappa shape index (κ1) is 15.0. The lowest BCUT2D eigenvalue weighted by atomic mass is 9.77. The van der Waals surface area contributed by atoms with Crippen molar-refractivity contribution in [2.45, 2.75) is 38.1 Å². The second kappa shape index (κ2) is 5.92. The van der Waals surface area contributed by atoms with E-state index < -0.39 is 5.54 Å². The van der Waals surface area contributed by atoms with E-state index >= 15 is 0 Å². The molecule has 0 bridgehead atoms. The summed E-state index contributed by atoms with van der Waals surface area (Å²) in [6.45, 7) is 2.16. The minimum Gasteiger partial charge on any atom is -0.508 e. The van der Waals surface area contributed by atoms with Crippen LogP contribution in [0.2, 0.25) is 0 Å². The number of phenols is 2. The number of hydrogen-bond donors (Lipinski definition) is 3. The van der Waals surface area contributed by atoms with Crippen LogP contribution >= 0.6 is 11.6 Å². The maximum absolute atomic E-state index is 12.3. The number of amides is 1. The molecule has 5 heteroatoms. The maximum atomic E-state index is 12.3. The molecule has 1 aromatic rings. The van der Waals surface area contributed by atoms with Crippen LogP contribution in [0.5, 0.6) is 11.5 Å². The third-order valence-electron chi connectivity index (χ3n) is 3.95. The summed E-state index contributed by atoms with van der Waals surface area (Å²) >= 11 is 6.08. The first-order chi connectivity index (χ1) is 9.46. The maximum Gasteiger partial charge on any atom is 0.255 e. The van der Waals surface area contributed by atoms with Crippen molar-refractivity contribution in [2.75, 3.05) is 5.88 Å². The quantitative estimate of drug-likeness (QED) is 0.751. The fourth-order valence-electron chi connectivity index (χ4n) is 2.95. The van der Waals surface area contributed by atoms with Crippen molar-refractivity contribution in [1.82, 2.24) is 5.32 Å². The molecule has 0 heterocycles. The SMILES string of the molecule is CC1CCCC(CCl)(NC(=O)c2ccc(O)cc2O)C1. The molecule has 0 saturated heterocycles. The third-order valence-corrected chi connectivity index (χ3v) is 4.46. The summed E-state index contributed by atoms with van der Waals surface area (Å²) < 4.78 is 0. The van der Waals surface area contributed by atoms with Gasteiger partial charge < -0.3 is 15.5 Å². The van der Waals surface area contributed by atoms with Crippen molar-refractivity contribution < 1.29 is 15.0 Å². The molecule has 3 N–H and O–H groups in total. The Morgan fingerprint density at radius 3 is 2.85 bits per heavy atom. The minimum absolute atomic E-state index is 0.0719. The molecule has 0 aromatic heterocycles. The molecule has 1 fully saturated rings. The molecular formula is C15H20ClNO3. The molecule has 0 aliphatic heterocycles. The van der Waals surface area contributed by atoms with Crippen LogP contribution in [0.4, 0.5) is 0 Å². The first-order valence-corrected chi connectivity index (χ1v) is 7.40. The molecule has 2 rings (SSSR count). The van der Waals surface area contributed by atoms with Crippen molar-refractivity contribution in [3.63, 3.8) is 0 Å². The number of alkyl halides is 1. The second-order valence-corrected chi connectivity index (χ2v) is 6.04. The Hall–Kier alpha value is -1.42. The van der Waals surface area contributed by atoms with Crippen LogP contribution in [0.1, 0.15) is 43.0 Å². The molecule has 1 saturated carbocycles. The largest absolute Gasteiger partial charge is 0.508 e. The zero-order chi connectivity index (χ0) is 14.8. The van der Waals surface area contributed by atoms with E-state index in [9.17, 15) is 15.0 Å². The van der Waals surface area contributed by atoms with Gasteiger partial charge >= 0.3 is 0 Å². The minimum atomic E-state index is -0.402. The fourth-order valence-corrected chi connectivity index (χ4v) is 3.26. The van der Waals surface area contributed by atoms with Gasteiger partial charge in [-0.25, -0.2) is 0 Å². The van der Waals surface area contributed by atoms with Crippen molar-refractivity contribution in [3.8, 4) is 11.5 Å². The van der Waals surface area contributed by atoms with Gasteiger partial charge in [-0.05, 0) is 30.9 Å². The monoisotopic (exact) mass is 297 g/mol. The number of hydrogen-bond acceptors (Lipinski definition) is 3.